The second kappa shape index (κ2) is 12.6. The Morgan fingerprint density at radius 2 is 1.81 bits per heavy atom. The largest absolute Gasteiger partial charge is 0.491 e. The van der Waals surface area contributed by atoms with Crippen LogP contribution >= 0.6 is 0 Å². The van der Waals surface area contributed by atoms with Gasteiger partial charge in [0.25, 0.3) is 0 Å². The van der Waals surface area contributed by atoms with E-state index in [1.54, 1.807) is 14.2 Å². The molecular formula is C21H38N4O2. The zero-order valence-electron chi connectivity index (χ0n) is 18.1. The Balaban J connectivity index is 2.57. The van der Waals surface area contributed by atoms with Crippen LogP contribution in [0.1, 0.15) is 38.8 Å². The molecule has 0 radical (unpaired) electrons. The second-order valence-electron chi connectivity index (χ2n) is 7.23. The van der Waals surface area contributed by atoms with E-state index in [0.29, 0.717) is 31.8 Å². The molecule has 0 unspecified atom stereocenters. The number of rotatable bonds is 11. The maximum absolute atomic E-state index is 5.86. The number of hydrogen-bond donors (Lipinski definition) is 2. The number of guanidine groups is 1. The van der Waals surface area contributed by atoms with E-state index in [1.807, 2.05) is 0 Å². The van der Waals surface area contributed by atoms with Crippen LogP contribution in [-0.4, -0.2) is 63.4 Å². The van der Waals surface area contributed by atoms with Crippen LogP contribution in [0, 0.1) is 6.92 Å². The van der Waals surface area contributed by atoms with Gasteiger partial charge >= 0.3 is 0 Å². The van der Waals surface area contributed by atoms with Gasteiger partial charge in [0.1, 0.15) is 12.4 Å². The molecule has 1 aromatic carbocycles. The van der Waals surface area contributed by atoms with Crippen molar-refractivity contribution in [2.24, 2.45) is 4.99 Å². The van der Waals surface area contributed by atoms with Crippen molar-refractivity contribution in [3.8, 4) is 5.75 Å². The van der Waals surface area contributed by atoms with Gasteiger partial charge in [-0.25, -0.2) is 0 Å². The normalized spacial score (nSPS) is 12.1. The Kier molecular flexibility index (Phi) is 10.8. The minimum Gasteiger partial charge on any atom is -0.491 e. The Morgan fingerprint density at radius 1 is 1.11 bits per heavy atom. The summed E-state index contributed by atoms with van der Waals surface area (Å²) in [5.74, 6) is 1.69. The molecule has 0 amide bonds. The Morgan fingerprint density at radius 3 is 2.41 bits per heavy atom. The minimum absolute atomic E-state index is 0.529. The molecule has 0 aliphatic carbocycles. The van der Waals surface area contributed by atoms with Crippen molar-refractivity contribution < 1.29 is 9.47 Å². The van der Waals surface area contributed by atoms with Gasteiger partial charge in [-0.3, -0.25) is 9.89 Å². The van der Waals surface area contributed by atoms with Gasteiger partial charge in [0.15, 0.2) is 5.96 Å². The number of aliphatic imine (C=N–C) groups is 1. The van der Waals surface area contributed by atoms with E-state index in [1.165, 1.54) is 5.56 Å². The highest BCUT2D eigenvalue weighted by Crippen LogP contribution is 2.20. The van der Waals surface area contributed by atoms with Crippen molar-refractivity contribution in [1.82, 2.24) is 15.5 Å². The lowest BCUT2D eigenvalue weighted by molar-refractivity contribution is 0.145. The molecule has 0 heterocycles. The molecule has 0 saturated heterocycles. The zero-order valence-corrected chi connectivity index (χ0v) is 18.1. The van der Waals surface area contributed by atoms with Gasteiger partial charge in [-0.05, 0) is 46.2 Å². The number of hydrogen-bond acceptors (Lipinski definition) is 4. The van der Waals surface area contributed by atoms with Gasteiger partial charge in [-0.2, -0.15) is 0 Å². The number of benzene rings is 1. The van der Waals surface area contributed by atoms with Gasteiger partial charge in [0, 0.05) is 51.4 Å². The minimum atomic E-state index is 0.529. The van der Waals surface area contributed by atoms with E-state index >= 15 is 0 Å². The third-order valence-corrected chi connectivity index (χ3v) is 4.43. The number of ether oxygens (including phenoxy) is 2. The number of nitrogens with one attached hydrogen (secondary N) is 2. The van der Waals surface area contributed by atoms with Gasteiger partial charge in [0.2, 0.25) is 0 Å². The molecule has 27 heavy (non-hydrogen) atoms. The maximum Gasteiger partial charge on any atom is 0.191 e. The molecule has 6 heteroatoms. The molecule has 6 nitrogen and oxygen atoms in total. The molecule has 2 N–H and O–H groups in total. The van der Waals surface area contributed by atoms with Crippen molar-refractivity contribution in [3.05, 3.63) is 29.3 Å². The lowest BCUT2D eigenvalue weighted by Gasteiger charge is -2.30. The molecule has 0 fully saturated rings. The van der Waals surface area contributed by atoms with E-state index in [0.717, 1.165) is 30.4 Å². The predicted molar refractivity (Wildman–Crippen MR) is 114 cm³/mol. The van der Waals surface area contributed by atoms with Crippen LogP contribution in [0.4, 0.5) is 0 Å². The molecule has 0 saturated carbocycles. The summed E-state index contributed by atoms with van der Waals surface area (Å²) in [6.45, 7) is 14.6. The highest BCUT2D eigenvalue weighted by Gasteiger charge is 2.13. The molecule has 0 bridgehead atoms. The van der Waals surface area contributed by atoms with Crippen LogP contribution in [0.25, 0.3) is 0 Å². The zero-order chi connectivity index (χ0) is 20.2. The first kappa shape index (κ1) is 23.2. The van der Waals surface area contributed by atoms with Crippen molar-refractivity contribution in [3.63, 3.8) is 0 Å². The number of aryl methyl sites for hydroxylation is 1. The summed E-state index contributed by atoms with van der Waals surface area (Å²) in [6, 6.07) is 7.31. The Labute approximate surface area is 165 Å². The Bertz CT molecular complexity index is 565. The SMILES string of the molecule is CN=C(NCCN(C(C)C)C(C)C)NCc1ccc(C)cc1OCCOC. The van der Waals surface area contributed by atoms with Crippen molar-refractivity contribution in [2.75, 3.05) is 40.5 Å². The fraction of sp³-hybridized carbons (Fsp3) is 0.667. The fourth-order valence-electron chi connectivity index (χ4n) is 2.99. The van der Waals surface area contributed by atoms with E-state index in [9.17, 15) is 0 Å². The molecule has 0 aliphatic rings. The van der Waals surface area contributed by atoms with Gasteiger partial charge < -0.3 is 20.1 Å². The molecular weight excluding hydrogens is 340 g/mol. The third kappa shape index (κ3) is 8.63. The predicted octanol–water partition coefficient (Wildman–Crippen LogP) is 2.80. The monoisotopic (exact) mass is 378 g/mol. The molecule has 0 atom stereocenters. The first-order valence-corrected chi connectivity index (χ1v) is 9.80. The molecule has 154 valence electrons. The van der Waals surface area contributed by atoms with E-state index in [2.05, 4.69) is 73.3 Å². The van der Waals surface area contributed by atoms with Crippen molar-refractivity contribution >= 4 is 5.96 Å². The number of methoxy groups -OCH3 is 1. The Hall–Kier alpha value is -1.79. The highest BCUT2D eigenvalue weighted by molar-refractivity contribution is 5.79. The first-order chi connectivity index (χ1) is 12.9. The van der Waals surface area contributed by atoms with Crippen molar-refractivity contribution in [1.29, 1.82) is 0 Å². The first-order valence-electron chi connectivity index (χ1n) is 9.80. The number of nitrogens with zero attached hydrogens (tertiary/aromatic N) is 2. The maximum atomic E-state index is 5.86. The smallest absolute Gasteiger partial charge is 0.191 e. The van der Waals surface area contributed by atoms with Gasteiger partial charge in [-0.15, -0.1) is 0 Å². The highest BCUT2D eigenvalue weighted by atomic mass is 16.5. The molecule has 1 rings (SSSR count). The summed E-state index contributed by atoms with van der Waals surface area (Å²) < 4.78 is 10.9. The summed E-state index contributed by atoms with van der Waals surface area (Å²) >= 11 is 0. The molecule has 0 aromatic heterocycles. The van der Waals surface area contributed by atoms with E-state index < -0.39 is 0 Å². The lowest BCUT2D eigenvalue weighted by atomic mass is 10.1. The topological polar surface area (TPSA) is 58.1 Å². The van der Waals surface area contributed by atoms with Gasteiger partial charge in [0.05, 0.1) is 6.61 Å². The lowest BCUT2D eigenvalue weighted by Crippen LogP contribution is -2.45. The summed E-state index contributed by atoms with van der Waals surface area (Å²) in [6.07, 6.45) is 0. The van der Waals surface area contributed by atoms with Crippen LogP contribution in [0.15, 0.2) is 23.2 Å². The van der Waals surface area contributed by atoms with Crippen molar-refractivity contribution in [2.45, 2.75) is 53.2 Å². The summed E-state index contributed by atoms with van der Waals surface area (Å²) in [5.41, 5.74) is 2.28. The summed E-state index contributed by atoms with van der Waals surface area (Å²) in [7, 11) is 3.47. The van der Waals surface area contributed by atoms with Crippen LogP contribution in [0.3, 0.4) is 0 Å². The van der Waals surface area contributed by atoms with E-state index in [-0.39, 0.29) is 0 Å². The average Bonchev–Trinajstić information content (AvgIpc) is 2.62. The quantitative estimate of drug-likeness (QED) is 0.352. The fourth-order valence-corrected chi connectivity index (χ4v) is 2.99. The molecule has 0 aliphatic heterocycles. The summed E-state index contributed by atoms with van der Waals surface area (Å²) in [4.78, 5) is 6.79. The van der Waals surface area contributed by atoms with Gasteiger partial charge in [-0.1, -0.05) is 12.1 Å². The summed E-state index contributed by atoms with van der Waals surface area (Å²) in [5, 5.41) is 6.78. The third-order valence-electron chi connectivity index (χ3n) is 4.43. The standard InChI is InChI=1S/C21H38N4O2/c1-16(2)25(17(3)4)11-10-23-21(22-6)24-15-19-9-8-18(5)14-20(19)27-13-12-26-7/h8-9,14,16-17H,10-13,15H2,1-7H3,(H2,22,23,24). The van der Waals surface area contributed by atoms with E-state index in [4.69, 9.17) is 9.47 Å². The van der Waals surface area contributed by atoms with Crippen LogP contribution in [0.5, 0.6) is 5.75 Å². The molecule has 0 spiro atoms. The van der Waals surface area contributed by atoms with Crippen LogP contribution < -0.4 is 15.4 Å². The second-order valence-corrected chi connectivity index (χ2v) is 7.23. The van der Waals surface area contributed by atoms with Crippen LogP contribution in [0.2, 0.25) is 0 Å². The van der Waals surface area contributed by atoms with Crippen LogP contribution in [-0.2, 0) is 11.3 Å². The molecule has 1 aromatic rings. The average molecular weight is 379 g/mol.